The smallest absolute Gasteiger partial charge is 0.201 e. The van der Waals surface area contributed by atoms with E-state index in [-0.39, 0.29) is 11.5 Å². The first kappa shape index (κ1) is 14.7. The number of anilines is 1. The minimum absolute atomic E-state index is 0.127. The second-order valence-electron chi connectivity index (χ2n) is 4.81. The van der Waals surface area contributed by atoms with Crippen molar-refractivity contribution in [1.29, 1.82) is 0 Å². The van der Waals surface area contributed by atoms with Crippen LogP contribution in [-0.4, -0.2) is 34.1 Å². The fraction of sp³-hybridized carbons (Fsp3) is 0.500. The molecule has 2 rings (SSSR count). The number of hydrogen-bond donors (Lipinski definition) is 1. The van der Waals surface area contributed by atoms with Gasteiger partial charge in [-0.3, -0.25) is 0 Å². The molecule has 1 heterocycles. The standard InChI is InChI=1S/C14H20F2N4/c1-3-5-19(4-2)6-7-20-12-9-10(15)8-11(16)13(12)18-14(20)17/h8-9H,3-7H2,1-2H3,(H2,17,18). The first-order valence-electron chi connectivity index (χ1n) is 6.89. The van der Waals surface area contributed by atoms with Crippen LogP contribution in [-0.2, 0) is 6.54 Å². The zero-order valence-corrected chi connectivity index (χ0v) is 11.9. The zero-order chi connectivity index (χ0) is 14.7. The molecule has 0 fully saturated rings. The topological polar surface area (TPSA) is 47.1 Å². The lowest BCUT2D eigenvalue weighted by Crippen LogP contribution is -2.28. The van der Waals surface area contributed by atoms with Crippen molar-refractivity contribution >= 4 is 17.0 Å². The van der Waals surface area contributed by atoms with Gasteiger partial charge in [-0.1, -0.05) is 13.8 Å². The minimum Gasteiger partial charge on any atom is -0.369 e. The van der Waals surface area contributed by atoms with Crippen LogP contribution in [0.4, 0.5) is 14.7 Å². The van der Waals surface area contributed by atoms with Crippen LogP contribution in [0.5, 0.6) is 0 Å². The molecule has 4 nitrogen and oxygen atoms in total. The third-order valence-corrected chi connectivity index (χ3v) is 3.43. The molecule has 110 valence electrons. The van der Waals surface area contributed by atoms with Crippen LogP contribution in [0.25, 0.3) is 11.0 Å². The Bertz CT molecular complexity index is 594. The third kappa shape index (κ3) is 2.90. The molecule has 0 amide bonds. The van der Waals surface area contributed by atoms with Gasteiger partial charge in [0.05, 0.1) is 5.52 Å². The van der Waals surface area contributed by atoms with Crippen molar-refractivity contribution in [2.45, 2.75) is 26.8 Å². The van der Waals surface area contributed by atoms with Gasteiger partial charge in [0.15, 0.2) is 5.82 Å². The SMILES string of the molecule is CCCN(CC)CCn1c(N)nc2c(F)cc(F)cc21. The predicted octanol–water partition coefficient (Wildman–Crippen LogP) is 2.63. The molecule has 0 aliphatic rings. The summed E-state index contributed by atoms with van der Waals surface area (Å²) in [5.41, 5.74) is 6.36. The summed E-state index contributed by atoms with van der Waals surface area (Å²) in [6.07, 6.45) is 1.07. The van der Waals surface area contributed by atoms with Crippen LogP contribution in [0.2, 0.25) is 0 Å². The van der Waals surface area contributed by atoms with Gasteiger partial charge in [0.1, 0.15) is 11.3 Å². The maximum Gasteiger partial charge on any atom is 0.201 e. The highest BCUT2D eigenvalue weighted by Crippen LogP contribution is 2.22. The van der Waals surface area contributed by atoms with Crippen molar-refractivity contribution in [2.24, 2.45) is 0 Å². The van der Waals surface area contributed by atoms with E-state index in [9.17, 15) is 8.78 Å². The monoisotopic (exact) mass is 282 g/mol. The molecule has 2 aromatic rings. The largest absolute Gasteiger partial charge is 0.369 e. The van der Waals surface area contributed by atoms with Crippen LogP contribution in [0.3, 0.4) is 0 Å². The second-order valence-corrected chi connectivity index (χ2v) is 4.81. The van der Waals surface area contributed by atoms with E-state index >= 15 is 0 Å². The van der Waals surface area contributed by atoms with Gasteiger partial charge in [-0.2, -0.15) is 0 Å². The number of benzene rings is 1. The molecule has 1 aromatic heterocycles. The third-order valence-electron chi connectivity index (χ3n) is 3.43. The van der Waals surface area contributed by atoms with E-state index in [0.717, 1.165) is 32.1 Å². The highest BCUT2D eigenvalue weighted by Gasteiger charge is 2.14. The molecule has 0 saturated heterocycles. The number of fused-ring (bicyclic) bond motifs is 1. The van der Waals surface area contributed by atoms with Crippen LogP contribution < -0.4 is 5.73 Å². The molecule has 20 heavy (non-hydrogen) atoms. The molecule has 6 heteroatoms. The molecule has 0 unspecified atom stereocenters. The molecule has 0 spiro atoms. The second kappa shape index (κ2) is 6.17. The van der Waals surface area contributed by atoms with Crippen molar-refractivity contribution < 1.29 is 8.78 Å². The number of likely N-dealkylation sites (N-methyl/N-ethyl adjacent to an activating group) is 1. The summed E-state index contributed by atoms with van der Waals surface area (Å²) in [6, 6.07) is 2.10. The van der Waals surface area contributed by atoms with E-state index in [2.05, 4.69) is 23.7 Å². The molecule has 0 saturated carbocycles. The van der Waals surface area contributed by atoms with E-state index in [1.165, 1.54) is 6.07 Å². The Hall–Kier alpha value is -1.69. The number of imidazole rings is 1. The Morgan fingerprint density at radius 3 is 2.65 bits per heavy atom. The van der Waals surface area contributed by atoms with Gasteiger partial charge in [0.2, 0.25) is 5.95 Å². The van der Waals surface area contributed by atoms with Crippen LogP contribution in [0.15, 0.2) is 12.1 Å². The Kier molecular flexibility index (Phi) is 4.54. The molecule has 0 aliphatic carbocycles. The van der Waals surface area contributed by atoms with Gasteiger partial charge >= 0.3 is 0 Å². The van der Waals surface area contributed by atoms with Gasteiger partial charge in [-0.15, -0.1) is 0 Å². The minimum atomic E-state index is -0.675. The van der Waals surface area contributed by atoms with Crippen molar-refractivity contribution in [1.82, 2.24) is 14.5 Å². The molecule has 0 bridgehead atoms. The summed E-state index contributed by atoms with van der Waals surface area (Å²) in [4.78, 5) is 6.25. The first-order chi connectivity index (χ1) is 9.56. The summed E-state index contributed by atoms with van der Waals surface area (Å²) >= 11 is 0. The molecule has 2 N–H and O–H groups in total. The summed E-state index contributed by atoms with van der Waals surface area (Å²) in [5, 5.41) is 0. The summed E-state index contributed by atoms with van der Waals surface area (Å²) in [7, 11) is 0. The summed E-state index contributed by atoms with van der Waals surface area (Å²) in [5.74, 6) is -1.07. The fourth-order valence-corrected chi connectivity index (χ4v) is 2.39. The Balaban J connectivity index is 2.27. The lowest BCUT2D eigenvalue weighted by molar-refractivity contribution is 0.278. The fourth-order valence-electron chi connectivity index (χ4n) is 2.39. The Morgan fingerprint density at radius 1 is 1.25 bits per heavy atom. The van der Waals surface area contributed by atoms with Crippen molar-refractivity contribution in [3.63, 3.8) is 0 Å². The number of nitrogens with two attached hydrogens (primary N) is 1. The maximum atomic E-state index is 13.6. The van der Waals surface area contributed by atoms with Crippen molar-refractivity contribution in [3.05, 3.63) is 23.8 Å². The van der Waals surface area contributed by atoms with E-state index in [0.29, 0.717) is 12.1 Å². The summed E-state index contributed by atoms with van der Waals surface area (Å²) in [6.45, 7) is 7.48. The molecule has 0 aliphatic heterocycles. The van der Waals surface area contributed by atoms with Gasteiger partial charge in [0.25, 0.3) is 0 Å². The average Bonchev–Trinajstić information content (AvgIpc) is 2.71. The van der Waals surface area contributed by atoms with E-state index < -0.39 is 11.6 Å². The van der Waals surface area contributed by atoms with Crippen molar-refractivity contribution in [2.75, 3.05) is 25.4 Å². The number of hydrogen-bond acceptors (Lipinski definition) is 3. The van der Waals surface area contributed by atoms with Gasteiger partial charge in [-0.25, -0.2) is 13.8 Å². The molecular weight excluding hydrogens is 262 g/mol. The average molecular weight is 282 g/mol. The molecule has 0 atom stereocenters. The number of nitrogens with zero attached hydrogens (tertiary/aromatic N) is 3. The van der Waals surface area contributed by atoms with Gasteiger partial charge < -0.3 is 15.2 Å². The van der Waals surface area contributed by atoms with E-state index in [1.54, 1.807) is 4.57 Å². The maximum absolute atomic E-state index is 13.6. The van der Waals surface area contributed by atoms with E-state index in [4.69, 9.17) is 5.73 Å². The van der Waals surface area contributed by atoms with Crippen LogP contribution in [0, 0.1) is 11.6 Å². The van der Waals surface area contributed by atoms with Crippen LogP contribution in [0.1, 0.15) is 20.3 Å². The highest BCUT2D eigenvalue weighted by atomic mass is 19.1. The van der Waals surface area contributed by atoms with Gasteiger partial charge in [-0.05, 0) is 19.5 Å². The summed E-state index contributed by atoms with van der Waals surface area (Å²) < 4.78 is 28.7. The lowest BCUT2D eigenvalue weighted by Gasteiger charge is -2.20. The molecule has 1 aromatic carbocycles. The number of rotatable bonds is 6. The number of halogens is 2. The number of nitrogen functional groups attached to an aromatic ring is 1. The normalized spacial score (nSPS) is 11.7. The van der Waals surface area contributed by atoms with E-state index in [1.807, 2.05) is 0 Å². The quantitative estimate of drug-likeness (QED) is 0.886. The Labute approximate surface area is 117 Å². The Morgan fingerprint density at radius 2 is 2.00 bits per heavy atom. The first-order valence-corrected chi connectivity index (χ1v) is 6.89. The lowest BCUT2D eigenvalue weighted by atomic mass is 10.3. The van der Waals surface area contributed by atoms with Gasteiger partial charge in [0, 0.05) is 25.2 Å². The number of aromatic nitrogens is 2. The van der Waals surface area contributed by atoms with Crippen LogP contribution >= 0.6 is 0 Å². The van der Waals surface area contributed by atoms with Crippen molar-refractivity contribution in [3.8, 4) is 0 Å². The predicted molar refractivity (Wildman–Crippen MR) is 76.5 cm³/mol. The molecular formula is C14H20F2N4. The highest BCUT2D eigenvalue weighted by molar-refractivity contribution is 5.79. The molecule has 0 radical (unpaired) electrons. The zero-order valence-electron chi connectivity index (χ0n) is 11.9.